The molecular formula is C10H19NSi2. The largest absolute Gasteiger partial charge is 0.410 e. The summed E-state index contributed by atoms with van der Waals surface area (Å²) in [6, 6.07) is 2.77. The number of allylic oxidation sites excluding steroid dienone is 2. The molecule has 13 heavy (non-hydrogen) atoms. The molecule has 2 aliphatic rings. The third-order valence-corrected chi connectivity index (χ3v) is 7.54. The van der Waals surface area contributed by atoms with Crippen LogP contribution in [-0.2, 0) is 0 Å². The van der Waals surface area contributed by atoms with Crippen LogP contribution in [0.5, 0.6) is 0 Å². The Bertz CT molecular complexity index is 300. The number of nitrogens with one attached hydrogen (secondary N) is 1. The van der Waals surface area contributed by atoms with Crippen molar-refractivity contribution < 1.29 is 0 Å². The van der Waals surface area contributed by atoms with Crippen LogP contribution >= 0.6 is 0 Å². The lowest BCUT2D eigenvalue weighted by Crippen LogP contribution is -2.38. The first-order chi connectivity index (χ1) is 5.88. The van der Waals surface area contributed by atoms with Crippen LogP contribution in [0.1, 0.15) is 0 Å². The van der Waals surface area contributed by atoms with Gasteiger partial charge in [-0.3, -0.25) is 0 Å². The van der Waals surface area contributed by atoms with Gasteiger partial charge in [-0.2, -0.15) is 0 Å². The summed E-state index contributed by atoms with van der Waals surface area (Å²) < 4.78 is 0. The molecule has 0 aromatic heterocycles. The second-order valence-corrected chi connectivity index (χ2v) is 14.7. The van der Waals surface area contributed by atoms with E-state index in [9.17, 15) is 0 Å². The highest BCUT2D eigenvalue weighted by molar-refractivity contribution is 6.84. The summed E-state index contributed by atoms with van der Waals surface area (Å²) in [5, 5.41) is 0. The summed E-state index contributed by atoms with van der Waals surface area (Å²) in [7, 11) is -2.08. The molecular weight excluding hydrogens is 190 g/mol. The highest BCUT2D eigenvalue weighted by Gasteiger charge is 2.35. The van der Waals surface area contributed by atoms with Gasteiger partial charge in [0.1, 0.15) is 0 Å². The van der Waals surface area contributed by atoms with Gasteiger partial charge in [-0.15, -0.1) is 0 Å². The lowest BCUT2D eigenvalue weighted by atomic mass is 10.2. The van der Waals surface area contributed by atoms with Crippen LogP contribution in [0.3, 0.4) is 0 Å². The van der Waals surface area contributed by atoms with Crippen molar-refractivity contribution in [1.82, 2.24) is 4.98 Å². The average Bonchev–Trinajstić information content (AvgIpc) is 2.20. The molecule has 3 heteroatoms. The molecule has 0 radical (unpaired) electrons. The number of hydrogen-bond donors (Lipinski definition) is 1. The fourth-order valence-electron chi connectivity index (χ4n) is 2.36. The van der Waals surface area contributed by atoms with E-state index >= 15 is 0 Å². The van der Waals surface area contributed by atoms with E-state index in [4.69, 9.17) is 0 Å². The predicted octanol–water partition coefficient (Wildman–Crippen LogP) is 2.87. The van der Waals surface area contributed by atoms with E-state index in [2.05, 4.69) is 42.9 Å². The van der Waals surface area contributed by atoms with Crippen molar-refractivity contribution >= 4 is 16.3 Å². The Hall–Kier alpha value is -0.286. The van der Waals surface area contributed by atoms with Crippen molar-refractivity contribution in [2.45, 2.75) is 38.3 Å². The van der Waals surface area contributed by atoms with Gasteiger partial charge in [0.05, 0.1) is 8.07 Å². The molecule has 0 aliphatic carbocycles. The zero-order chi connectivity index (χ0) is 9.69. The fraction of sp³-hybridized carbons (Fsp3) is 0.600. The molecule has 2 aliphatic heterocycles. The van der Waals surface area contributed by atoms with E-state index in [0.717, 1.165) is 0 Å². The minimum Gasteiger partial charge on any atom is -0.410 e. The zero-order valence-electron chi connectivity index (χ0n) is 9.07. The Morgan fingerprint density at radius 2 is 1.85 bits per heavy atom. The van der Waals surface area contributed by atoms with Crippen molar-refractivity contribution in [3.63, 3.8) is 0 Å². The lowest BCUT2D eigenvalue weighted by molar-refractivity contribution is 1.18. The van der Waals surface area contributed by atoms with Crippen LogP contribution in [0, 0.1) is 0 Å². The molecule has 0 saturated carbocycles. The molecule has 1 N–H and O–H groups in total. The average molecular weight is 209 g/mol. The standard InChI is InChI=1S/C10H19NSi2/c1-12(2)6-5-10-9(7-12)8-13(3,4)11-10/h5-6,11H,7-8H2,1-4H3. The van der Waals surface area contributed by atoms with Crippen LogP contribution in [0.15, 0.2) is 23.0 Å². The van der Waals surface area contributed by atoms with Crippen LogP contribution < -0.4 is 4.98 Å². The molecule has 0 fully saturated rings. The second-order valence-electron chi connectivity index (χ2n) is 5.70. The summed E-state index contributed by atoms with van der Waals surface area (Å²) >= 11 is 0. The Morgan fingerprint density at radius 1 is 1.15 bits per heavy atom. The van der Waals surface area contributed by atoms with Crippen LogP contribution in [0.2, 0.25) is 38.3 Å². The highest BCUT2D eigenvalue weighted by atomic mass is 28.3. The minimum atomic E-state index is -1.08. The monoisotopic (exact) mass is 209 g/mol. The van der Waals surface area contributed by atoms with Crippen molar-refractivity contribution in [1.29, 1.82) is 0 Å². The van der Waals surface area contributed by atoms with E-state index in [1.807, 2.05) is 0 Å². The summed E-state index contributed by atoms with van der Waals surface area (Å²) in [4.78, 5) is 3.72. The van der Waals surface area contributed by atoms with Crippen molar-refractivity contribution in [3.8, 4) is 0 Å². The molecule has 0 unspecified atom stereocenters. The smallest absolute Gasteiger partial charge is 0.151 e. The quantitative estimate of drug-likeness (QED) is 0.605. The SMILES string of the molecule is C[Si]1(C)C=CC2=C(C1)C[Si](C)(C)N2. The predicted molar refractivity (Wildman–Crippen MR) is 63.9 cm³/mol. The first-order valence-electron chi connectivity index (χ1n) is 5.07. The summed E-state index contributed by atoms with van der Waals surface area (Å²) in [6.45, 7) is 9.77. The molecule has 0 saturated heterocycles. The van der Waals surface area contributed by atoms with Gasteiger partial charge in [-0.25, -0.2) is 0 Å². The molecule has 0 bridgehead atoms. The van der Waals surface area contributed by atoms with Crippen molar-refractivity contribution in [2.75, 3.05) is 0 Å². The molecule has 0 amide bonds. The third kappa shape index (κ3) is 1.81. The Morgan fingerprint density at radius 3 is 2.54 bits per heavy atom. The zero-order valence-corrected chi connectivity index (χ0v) is 11.1. The molecule has 2 rings (SSSR count). The van der Waals surface area contributed by atoms with Gasteiger partial charge in [0, 0.05) is 5.70 Å². The third-order valence-electron chi connectivity index (χ3n) is 2.88. The van der Waals surface area contributed by atoms with Crippen LogP contribution in [-0.4, -0.2) is 16.3 Å². The van der Waals surface area contributed by atoms with Gasteiger partial charge in [0.15, 0.2) is 8.24 Å². The van der Waals surface area contributed by atoms with E-state index in [0.29, 0.717) is 0 Å². The second kappa shape index (κ2) is 2.61. The van der Waals surface area contributed by atoms with E-state index in [-0.39, 0.29) is 0 Å². The Labute approximate surface area is 83.0 Å². The van der Waals surface area contributed by atoms with E-state index in [1.165, 1.54) is 17.8 Å². The topological polar surface area (TPSA) is 12.0 Å². The minimum absolute atomic E-state index is 0.995. The van der Waals surface area contributed by atoms with Crippen molar-refractivity contribution in [3.05, 3.63) is 23.0 Å². The number of rotatable bonds is 0. The summed E-state index contributed by atoms with van der Waals surface area (Å²) in [6.07, 6.45) is 2.35. The molecule has 0 aromatic rings. The molecule has 72 valence electrons. The fourth-order valence-corrected chi connectivity index (χ4v) is 7.22. The molecule has 2 heterocycles. The van der Waals surface area contributed by atoms with Crippen molar-refractivity contribution in [2.24, 2.45) is 0 Å². The summed E-state index contributed by atoms with van der Waals surface area (Å²) in [5.41, 5.74) is 5.69. The normalized spacial score (nSPS) is 28.6. The Kier molecular flexibility index (Phi) is 1.86. The summed E-state index contributed by atoms with van der Waals surface area (Å²) in [5.74, 6) is 0. The maximum atomic E-state index is 3.72. The lowest BCUT2D eigenvalue weighted by Gasteiger charge is -2.22. The molecule has 0 aromatic carbocycles. The maximum Gasteiger partial charge on any atom is 0.151 e. The molecule has 1 nitrogen and oxygen atoms in total. The maximum absolute atomic E-state index is 3.72. The van der Waals surface area contributed by atoms with E-state index in [1.54, 1.807) is 5.57 Å². The van der Waals surface area contributed by atoms with Gasteiger partial charge in [-0.1, -0.05) is 37.5 Å². The van der Waals surface area contributed by atoms with Crippen LogP contribution in [0.4, 0.5) is 0 Å². The van der Waals surface area contributed by atoms with E-state index < -0.39 is 16.3 Å². The van der Waals surface area contributed by atoms with Gasteiger partial charge in [-0.05, 0) is 18.2 Å². The molecule has 0 spiro atoms. The number of hydrogen-bond acceptors (Lipinski definition) is 1. The van der Waals surface area contributed by atoms with Crippen LogP contribution in [0.25, 0.3) is 0 Å². The van der Waals surface area contributed by atoms with Gasteiger partial charge in [0.25, 0.3) is 0 Å². The van der Waals surface area contributed by atoms with Gasteiger partial charge >= 0.3 is 0 Å². The van der Waals surface area contributed by atoms with Gasteiger partial charge in [0.2, 0.25) is 0 Å². The first kappa shape index (κ1) is 9.28. The molecule has 0 atom stereocenters. The van der Waals surface area contributed by atoms with Gasteiger partial charge < -0.3 is 4.98 Å². The first-order valence-corrected chi connectivity index (χ1v) is 11.6. The Balaban J connectivity index is 2.23. The highest BCUT2D eigenvalue weighted by Crippen LogP contribution is 2.35.